The number of nitrogens with zero attached hydrogens (tertiary/aromatic N) is 2. The molecule has 0 saturated carbocycles. The Morgan fingerprint density at radius 1 is 1.35 bits per heavy atom. The van der Waals surface area contributed by atoms with Gasteiger partial charge < -0.3 is 14.5 Å². The van der Waals surface area contributed by atoms with Gasteiger partial charge in [0.15, 0.2) is 0 Å². The highest BCUT2D eigenvalue weighted by Gasteiger charge is 2.30. The molecule has 2 heterocycles. The molecule has 124 valence electrons. The first-order valence-electron chi connectivity index (χ1n) is 8.00. The lowest BCUT2D eigenvalue weighted by atomic mass is 10.1. The number of rotatable bonds is 2. The summed E-state index contributed by atoms with van der Waals surface area (Å²) in [5.74, 6) is -0.00905. The van der Waals surface area contributed by atoms with Crippen molar-refractivity contribution < 1.29 is 14.3 Å². The average Bonchev–Trinajstić information content (AvgIpc) is 2.96. The standard InChI is InChI=1S/C17H21ClN2O3/c1-11-10-23-12(2)9-20(11)17(22)14-8-13(5-6-15(14)18)19-7-3-4-16(19)21/h5-6,8,11-12H,3-4,7,9-10H2,1-2H3/t11-,12-/m0/s1. The third kappa shape index (κ3) is 3.21. The second-order valence-corrected chi connectivity index (χ2v) is 6.67. The maximum Gasteiger partial charge on any atom is 0.255 e. The molecular weight excluding hydrogens is 316 g/mol. The van der Waals surface area contributed by atoms with Crippen molar-refractivity contribution >= 4 is 29.1 Å². The fourth-order valence-corrected chi connectivity index (χ4v) is 3.31. The van der Waals surface area contributed by atoms with Crippen molar-refractivity contribution in [3.63, 3.8) is 0 Å². The Bertz CT molecular complexity index is 634. The van der Waals surface area contributed by atoms with Gasteiger partial charge in [-0.25, -0.2) is 0 Å². The predicted molar refractivity (Wildman–Crippen MR) is 89.0 cm³/mol. The molecule has 6 heteroatoms. The summed E-state index contributed by atoms with van der Waals surface area (Å²) >= 11 is 6.26. The summed E-state index contributed by atoms with van der Waals surface area (Å²) in [4.78, 5) is 28.3. The van der Waals surface area contributed by atoms with Gasteiger partial charge in [0.25, 0.3) is 5.91 Å². The molecule has 0 spiro atoms. The molecule has 3 rings (SSSR count). The number of benzene rings is 1. The second kappa shape index (κ2) is 6.49. The summed E-state index contributed by atoms with van der Waals surface area (Å²) in [6.07, 6.45) is 1.42. The molecule has 0 aromatic heterocycles. The highest BCUT2D eigenvalue weighted by atomic mass is 35.5. The number of amides is 2. The normalized spacial score (nSPS) is 25.1. The molecule has 2 saturated heterocycles. The lowest BCUT2D eigenvalue weighted by Gasteiger charge is -2.37. The maximum atomic E-state index is 12.9. The predicted octanol–water partition coefficient (Wildman–Crippen LogP) is 2.72. The molecular formula is C17H21ClN2O3. The van der Waals surface area contributed by atoms with E-state index in [1.54, 1.807) is 28.0 Å². The molecule has 23 heavy (non-hydrogen) atoms. The third-order valence-electron chi connectivity index (χ3n) is 4.43. The van der Waals surface area contributed by atoms with Crippen LogP contribution in [0.25, 0.3) is 0 Å². The van der Waals surface area contributed by atoms with Crippen molar-refractivity contribution in [3.05, 3.63) is 28.8 Å². The van der Waals surface area contributed by atoms with Gasteiger partial charge in [0, 0.05) is 25.2 Å². The molecule has 0 radical (unpaired) electrons. The van der Waals surface area contributed by atoms with Gasteiger partial charge in [0.1, 0.15) is 0 Å². The van der Waals surface area contributed by atoms with E-state index in [0.717, 1.165) is 12.1 Å². The van der Waals surface area contributed by atoms with E-state index < -0.39 is 0 Å². The van der Waals surface area contributed by atoms with Crippen LogP contribution in [0.15, 0.2) is 18.2 Å². The summed E-state index contributed by atoms with van der Waals surface area (Å²) in [6, 6.07) is 5.24. The van der Waals surface area contributed by atoms with Gasteiger partial charge >= 0.3 is 0 Å². The van der Waals surface area contributed by atoms with Crippen LogP contribution in [-0.2, 0) is 9.53 Å². The monoisotopic (exact) mass is 336 g/mol. The Balaban J connectivity index is 1.89. The number of hydrogen-bond donors (Lipinski definition) is 0. The highest BCUT2D eigenvalue weighted by molar-refractivity contribution is 6.34. The van der Waals surface area contributed by atoms with Gasteiger partial charge in [-0.1, -0.05) is 11.6 Å². The minimum absolute atomic E-state index is 0.00633. The number of hydrogen-bond acceptors (Lipinski definition) is 3. The highest BCUT2D eigenvalue weighted by Crippen LogP contribution is 2.28. The summed E-state index contributed by atoms with van der Waals surface area (Å²) < 4.78 is 5.58. The van der Waals surface area contributed by atoms with Crippen LogP contribution < -0.4 is 4.90 Å². The van der Waals surface area contributed by atoms with Gasteiger partial charge in [-0.3, -0.25) is 9.59 Å². The van der Waals surface area contributed by atoms with Gasteiger partial charge in [0.2, 0.25) is 5.91 Å². The summed E-state index contributed by atoms with van der Waals surface area (Å²) in [7, 11) is 0. The molecule has 0 bridgehead atoms. The fraction of sp³-hybridized carbons (Fsp3) is 0.529. The topological polar surface area (TPSA) is 49.9 Å². The molecule has 2 amide bonds. The first kappa shape index (κ1) is 16.3. The number of halogens is 1. The molecule has 1 aromatic carbocycles. The van der Waals surface area contributed by atoms with Crippen molar-refractivity contribution in [3.8, 4) is 0 Å². The molecule has 2 aliphatic rings. The molecule has 0 N–H and O–H groups in total. The van der Waals surface area contributed by atoms with E-state index >= 15 is 0 Å². The molecule has 1 aromatic rings. The summed E-state index contributed by atoms with van der Waals surface area (Å²) in [5.41, 5.74) is 1.19. The first-order chi connectivity index (χ1) is 11.0. The minimum Gasteiger partial charge on any atom is -0.375 e. The zero-order valence-corrected chi connectivity index (χ0v) is 14.2. The largest absolute Gasteiger partial charge is 0.375 e. The Morgan fingerprint density at radius 2 is 2.13 bits per heavy atom. The quantitative estimate of drug-likeness (QED) is 0.834. The average molecular weight is 337 g/mol. The zero-order chi connectivity index (χ0) is 16.6. The zero-order valence-electron chi connectivity index (χ0n) is 13.4. The van der Waals surface area contributed by atoms with Crippen LogP contribution in [0.3, 0.4) is 0 Å². The van der Waals surface area contributed by atoms with Crippen LogP contribution in [0.4, 0.5) is 5.69 Å². The summed E-state index contributed by atoms with van der Waals surface area (Å²) in [5, 5.41) is 0.414. The van der Waals surface area contributed by atoms with Crippen molar-refractivity contribution in [2.24, 2.45) is 0 Å². The van der Waals surface area contributed by atoms with E-state index in [-0.39, 0.29) is 24.0 Å². The van der Waals surface area contributed by atoms with Crippen LogP contribution in [0.1, 0.15) is 37.0 Å². The van der Waals surface area contributed by atoms with Gasteiger partial charge in [-0.15, -0.1) is 0 Å². The fourth-order valence-electron chi connectivity index (χ4n) is 3.11. The van der Waals surface area contributed by atoms with Crippen molar-refractivity contribution in [1.29, 1.82) is 0 Å². The van der Waals surface area contributed by atoms with Gasteiger partial charge in [-0.05, 0) is 38.5 Å². The number of anilines is 1. The van der Waals surface area contributed by atoms with Crippen molar-refractivity contribution in [2.45, 2.75) is 38.8 Å². The maximum absolute atomic E-state index is 12.9. The Hall–Kier alpha value is -1.59. The van der Waals surface area contributed by atoms with E-state index in [0.29, 0.717) is 36.7 Å². The van der Waals surface area contributed by atoms with Crippen LogP contribution in [-0.4, -0.2) is 48.6 Å². The van der Waals surface area contributed by atoms with Crippen LogP contribution >= 0.6 is 11.6 Å². The van der Waals surface area contributed by atoms with E-state index in [4.69, 9.17) is 16.3 Å². The van der Waals surface area contributed by atoms with Gasteiger partial charge in [0.05, 0.1) is 29.3 Å². The molecule has 2 fully saturated rings. The second-order valence-electron chi connectivity index (χ2n) is 6.26. The third-order valence-corrected chi connectivity index (χ3v) is 4.76. The smallest absolute Gasteiger partial charge is 0.255 e. The molecule has 2 aliphatic heterocycles. The Labute approximate surface area is 141 Å². The number of morpholine rings is 1. The molecule has 2 atom stereocenters. The Kier molecular flexibility index (Phi) is 4.60. The first-order valence-corrected chi connectivity index (χ1v) is 8.37. The van der Waals surface area contributed by atoms with Crippen LogP contribution in [0, 0.1) is 0 Å². The molecule has 0 aliphatic carbocycles. The van der Waals surface area contributed by atoms with E-state index in [1.807, 2.05) is 13.8 Å². The van der Waals surface area contributed by atoms with E-state index in [1.165, 1.54) is 0 Å². The SMILES string of the molecule is C[C@H]1CN(C(=O)c2cc(N3CCCC3=O)ccc2Cl)[C@@H](C)CO1. The van der Waals surface area contributed by atoms with Gasteiger partial charge in [-0.2, -0.15) is 0 Å². The van der Waals surface area contributed by atoms with Crippen molar-refractivity contribution in [2.75, 3.05) is 24.6 Å². The molecule has 0 unspecified atom stereocenters. The number of carbonyl (C=O) groups excluding carboxylic acids is 2. The van der Waals surface area contributed by atoms with Crippen LogP contribution in [0.2, 0.25) is 5.02 Å². The van der Waals surface area contributed by atoms with E-state index in [9.17, 15) is 9.59 Å². The lowest BCUT2D eigenvalue weighted by molar-refractivity contribution is -0.117. The molecule has 5 nitrogen and oxygen atoms in total. The number of carbonyl (C=O) groups is 2. The minimum atomic E-state index is -0.105. The van der Waals surface area contributed by atoms with Crippen molar-refractivity contribution in [1.82, 2.24) is 4.90 Å². The Morgan fingerprint density at radius 3 is 2.83 bits per heavy atom. The van der Waals surface area contributed by atoms with E-state index in [2.05, 4.69) is 0 Å². The number of ether oxygens (including phenoxy) is 1. The summed E-state index contributed by atoms with van der Waals surface area (Å²) in [6.45, 7) is 5.68. The lowest BCUT2D eigenvalue weighted by Crippen LogP contribution is -2.50. The van der Waals surface area contributed by atoms with Crippen LogP contribution in [0.5, 0.6) is 0 Å².